The molecule has 2 aromatic heterocycles. The first-order valence-electron chi connectivity index (χ1n) is 10.7. The second-order valence-corrected chi connectivity index (χ2v) is 9.15. The molecule has 0 saturated heterocycles. The van der Waals surface area contributed by atoms with Crippen molar-refractivity contribution in [3.05, 3.63) is 51.5 Å². The van der Waals surface area contributed by atoms with Crippen molar-refractivity contribution in [3.63, 3.8) is 0 Å². The molecule has 3 aromatic rings. The van der Waals surface area contributed by atoms with Gasteiger partial charge in [-0.2, -0.15) is 0 Å². The van der Waals surface area contributed by atoms with E-state index in [1.807, 2.05) is 6.92 Å². The predicted octanol–water partition coefficient (Wildman–Crippen LogP) is 5.34. The maximum Gasteiger partial charge on any atom is 0.313 e. The molecule has 1 atom stereocenters. The lowest BCUT2D eigenvalue weighted by atomic mass is 9.85. The van der Waals surface area contributed by atoms with Crippen molar-refractivity contribution in [2.75, 3.05) is 27.6 Å². The third-order valence-electron chi connectivity index (χ3n) is 6.01. The van der Waals surface area contributed by atoms with E-state index in [1.54, 1.807) is 18.4 Å². The minimum Gasteiger partial charge on any atom is -0.469 e. The molecule has 5 nitrogen and oxygen atoms in total. The van der Waals surface area contributed by atoms with Crippen LogP contribution in [-0.2, 0) is 31.8 Å². The number of fused-ring (bicyclic) bond motifs is 3. The molecule has 164 valence electrons. The summed E-state index contributed by atoms with van der Waals surface area (Å²) in [7, 11) is 3.03. The number of aromatic nitrogens is 1. The highest BCUT2D eigenvalue weighted by atomic mass is 32.1. The molecule has 6 heteroatoms. The maximum atomic E-state index is 12.9. The second kappa shape index (κ2) is 9.47. The molecule has 0 aliphatic heterocycles. The number of ether oxygens (including phenoxy) is 3. The van der Waals surface area contributed by atoms with Crippen molar-refractivity contribution in [2.24, 2.45) is 0 Å². The largest absolute Gasteiger partial charge is 0.469 e. The Morgan fingerprint density at radius 2 is 1.94 bits per heavy atom. The van der Waals surface area contributed by atoms with Gasteiger partial charge in [0.15, 0.2) is 0 Å². The van der Waals surface area contributed by atoms with Crippen LogP contribution in [0.4, 0.5) is 0 Å². The fraction of sp³-hybridized carbons (Fsp3) is 0.440. The minimum absolute atomic E-state index is 0.201. The molecular formula is C25H29NO4S. The van der Waals surface area contributed by atoms with Crippen LogP contribution < -0.4 is 0 Å². The van der Waals surface area contributed by atoms with E-state index >= 15 is 0 Å². The van der Waals surface area contributed by atoms with E-state index in [2.05, 4.69) is 31.2 Å². The Kier molecular flexibility index (Phi) is 6.70. The van der Waals surface area contributed by atoms with Crippen LogP contribution in [0, 0.1) is 13.8 Å². The number of benzene rings is 1. The van der Waals surface area contributed by atoms with Gasteiger partial charge in [-0.05, 0) is 61.8 Å². The zero-order valence-electron chi connectivity index (χ0n) is 18.6. The van der Waals surface area contributed by atoms with Gasteiger partial charge in [-0.3, -0.25) is 4.79 Å². The Morgan fingerprint density at radius 1 is 1.16 bits per heavy atom. The predicted molar refractivity (Wildman–Crippen MR) is 124 cm³/mol. The average Bonchev–Trinajstić information content (AvgIpc) is 3.35. The quantitative estimate of drug-likeness (QED) is 0.269. The van der Waals surface area contributed by atoms with Crippen molar-refractivity contribution >= 4 is 27.5 Å². The van der Waals surface area contributed by atoms with Crippen LogP contribution in [0.3, 0.4) is 0 Å². The number of methoxy groups -OCH3 is 2. The Bertz CT molecular complexity index is 1090. The van der Waals surface area contributed by atoms with Gasteiger partial charge in [-0.25, -0.2) is 4.98 Å². The number of esters is 1. The van der Waals surface area contributed by atoms with Crippen LogP contribution in [0.1, 0.15) is 46.0 Å². The highest BCUT2D eigenvalue weighted by Gasteiger charge is 2.31. The summed E-state index contributed by atoms with van der Waals surface area (Å²) in [5.41, 5.74) is 6.70. The van der Waals surface area contributed by atoms with Crippen LogP contribution in [0.5, 0.6) is 0 Å². The minimum atomic E-state index is -0.452. The first-order valence-corrected chi connectivity index (χ1v) is 11.5. The van der Waals surface area contributed by atoms with Gasteiger partial charge in [0.1, 0.15) is 11.6 Å². The summed E-state index contributed by atoms with van der Waals surface area (Å²) in [5.74, 6) is -0.711. The Hall–Kier alpha value is -2.28. The average molecular weight is 440 g/mol. The second-order valence-electron chi connectivity index (χ2n) is 8.07. The number of pyridine rings is 1. The topological polar surface area (TPSA) is 57.7 Å². The molecule has 0 spiro atoms. The molecule has 0 amide bonds. The smallest absolute Gasteiger partial charge is 0.313 e. The molecule has 31 heavy (non-hydrogen) atoms. The lowest BCUT2D eigenvalue weighted by Crippen LogP contribution is -2.19. The number of hydrogen-bond acceptors (Lipinski definition) is 6. The summed E-state index contributed by atoms with van der Waals surface area (Å²) in [6, 6.07) is 8.56. The summed E-state index contributed by atoms with van der Waals surface area (Å²) >= 11 is 1.80. The standard InChI is InChI=1S/C25H29NO4S/c1-15-8-10-17(11-9-15)22-21(19(25(27)29-4)12-13-30-14-28-3)16(2)26-24-23(22)18-6-5-7-20(18)31-24/h8-11,19H,5-7,12-14H2,1-4H3. The van der Waals surface area contributed by atoms with E-state index in [-0.39, 0.29) is 12.8 Å². The molecule has 4 rings (SSSR count). The van der Waals surface area contributed by atoms with E-state index in [0.717, 1.165) is 40.1 Å². The van der Waals surface area contributed by atoms with Crippen molar-refractivity contribution in [3.8, 4) is 11.1 Å². The van der Waals surface area contributed by atoms with Crippen LogP contribution >= 0.6 is 11.3 Å². The van der Waals surface area contributed by atoms with Crippen LogP contribution in [-0.4, -0.2) is 38.6 Å². The van der Waals surface area contributed by atoms with Crippen molar-refractivity contribution in [1.82, 2.24) is 4.98 Å². The van der Waals surface area contributed by atoms with Crippen LogP contribution in [0.15, 0.2) is 24.3 Å². The van der Waals surface area contributed by atoms with Gasteiger partial charge in [0.05, 0.1) is 19.6 Å². The molecule has 0 bridgehead atoms. The van der Waals surface area contributed by atoms with E-state index in [4.69, 9.17) is 19.2 Å². The fourth-order valence-corrected chi connectivity index (χ4v) is 5.88. The first-order chi connectivity index (χ1) is 15.0. The van der Waals surface area contributed by atoms with Gasteiger partial charge in [-0.1, -0.05) is 29.8 Å². The van der Waals surface area contributed by atoms with Gasteiger partial charge in [0.2, 0.25) is 0 Å². The molecule has 1 aromatic carbocycles. The molecule has 1 unspecified atom stereocenters. The van der Waals surface area contributed by atoms with Gasteiger partial charge in [-0.15, -0.1) is 11.3 Å². The Balaban J connectivity index is 1.94. The van der Waals surface area contributed by atoms with Crippen LogP contribution in [0.25, 0.3) is 21.3 Å². The molecule has 0 saturated carbocycles. The summed E-state index contributed by atoms with van der Waals surface area (Å²) in [6.07, 6.45) is 3.87. The molecule has 2 heterocycles. The number of aryl methyl sites for hydroxylation is 4. The molecule has 1 aliphatic rings. The van der Waals surface area contributed by atoms with E-state index in [9.17, 15) is 4.79 Å². The van der Waals surface area contributed by atoms with E-state index < -0.39 is 5.92 Å². The highest BCUT2D eigenvalue weighted by Crippen LogP contribution is 2.46. The lowest BCUT2D eigenvalue weighted by Gasteiger charge is -2.22. The van der Waals surface area contributed by atoms with Gasteiger partial charge < -0.3 is 14.2 Å². The normalized spacial score (nSPS) is 14.1. The summed E-state index contributed by atoms with van der Waals surface area (Å²) in [4.78, 5) is 20.4. The number of carbonyl (C=O) groups excluding carboxylic acids is 1. The molecule has 0 radical (unpaired) electrons. The van der Waals surface area contributed by atoms with E-state index in [1.165, 1.54) is 34.9 Å². The molecule has 0 N–H and O–H groups in total. The van der Waals surface area contributed by atoms with Crippen molar-refractivity contribution in [1.29, 1.82) is 0 Å². The Labute approximate surface area is 187 Å². The first kappa shape index (κ1) is 21.9. The molecule has 0 fully saturated rings. The zero-order chi connectivity index (χ0) is 22.0. The maximum absolute atomic E-state index is 12.9. The third kappa shape index (κ3) is 4.25. The number of thiophene rings is 1. The third-order valence-corrected chi connectivity index (χ3v) is 7.19. The number of carbonyl (C=O) groups is 1. The van der Waals surface area contributed by atoms with Gasteiger partial charge in [0.25, 0.3) is 0 Å². The Morgan fingerprint density at radius 3 is 2.65 bits per heavy atom. The summed E-state index contributed by atoms with van der Waals surface area (Å²) in [5, 5.41) is 1.22. The summed E-state index contributed by atoms with van der Waals surface area (Å²) in [6.45, 7) is 4.70. The fourth-order valence-electron chi connectivity index (χ4n) is 4.57. The monoisotopic (exact) mass is 439 g/mol. The lowest BCUT2D eigenvalue weighted by molar-refractivity contribution is -0.143. The number of hydrogen-bond donors (Lipinski definition) is 0. The van der Waals surface area contributed by atoms with Crippen molar-refractivity contribution < 1.29 is 19.0 Å². The molecule has 1 aliphatic carbocycles. The van der Waals surface area contributed by atoms with Crippen LogP contribution in [0.2, 0.25) is 0 Å². The van der Waals surface area contributed by atoms with E-state index in [0.29, 0.717) is 13.0 Å². The van der Waals surface area contributed by atoms with Crippen molar-refractivity contribution in [2.45, 2.75) is 45.4 Å². The number of nitrogens with zero attached hydrogens (tertiary/aromatic N) is 1. The van der Waals surface area contributed by atoms with Gasteiger partial charge >= 0.3 is 5.97 Å². The highest BCUT2D eigenvalue weighted by molar-refractivity contribution is 7.19. The molecular weight excluding hydrogens is 410 g/mol. The number of rotatable bonds is 8. The SMILES string of the molecule is COCOCCC(C(=O)OC)c1c(C)nc2sc3c(c2c1-c1ccc(C)cc1)CCC3. The summed E-state index contributed by atoms with van der Waals surface area (Å²) < 4.78 is 15.7. The van der Waals surface area contributed by atoms with Gasteiger partial charge in [0, 0.05) is 23.1 Å². The zero-order valence-corrected chi connectivity index (χ0v) is 19.4.